The SMILES string of the molecule is c1ccc(-c2nc(-c3ccccc3)nc(-c3cccc(-n4c5cc6c(cc5c5ccc7c8ccccc8oc7c54)C4(CCCC4)c4ccccc4-6)c3)n2)cc1. The van der Waals surface area contributed by atoms with Crippen LogP contribution in [0.3, 0.4) is 0 Å². The third kappa shape index (κ3) is 4.44. The van der Waals surface area contributed by atoms with Crippen LogP contribution < -0.4 is 0 Å². The highest BCUT2D eigenvalue weighted by Gasteiger charge is 2.45. The van der Waals surface area contributed by atoms with Crippen molar-refractivity contribution in [1.82, 2.24) is 19.5 Å². The molecule has 260 valence electrons. The number of benzene rings is 7. The van der Waals surface area contributed by atoms with Gasteiger partial charge in [-0.1, -0.05) is 134 Å². The number of nitrogens with zero attached hydrogens (tertiary/aromatic N) is 4. The number of hydrogen-bond donors (Lipinski definition) is 0. The van der Waals surface area contributed by atoms with E-state index in [-0.39, 0.29) is 5.41 Å². The summed E-state index contributed by atoms with van der Waals surface area (Å²) in [5, 5.41) is 4.68. The lowest BCUT2D eigenvalue weighted by molar-refractivity contribution is 0.550. The zero-order valence-electron chi connectivity index (χ0n) is 30.0. The van der Waals surface area contributed by atoms with Crippen molar-refractivity contribution < 1.29 is 4.42 Å². The first kappa shape index (κ1) is 30.6. The van der Waals surface area contributed by atoms with Crippen molar-refractivity contribution in [1.29, 1.82) is 0 Å². The molecule has 55 heavy (non-hydrogen) atoms. The molecule has 7 aromatic carbocycles. The number of fused-ring (bicyclic) bond motifs is 12. The minimum Gasteiger partial charge on any atom is -0.454 e. The van der Waals surface area contributed by atoms with E-state index >= 15 is 0 Å². The van der Waals surface area contributed by atoms with Crippen molar-refractivity contribution in [3.8, 4) is 51.0 Å². The van der Waals surface area contributed by atoms with E-state index in [1.807, 2.05) is 66.7 Å². The Morgan fingerprint density at radius 3 is 1.87 bits per heavy atom. The van der Waals surface area contributed by atoms with Crippen LogP contribution in [0.25, 0.3) is 94.7 Å². The van der Waals surface area contributed by atoms with Crippen molar-refractivity contribution >= 4 is 43.7 Å². The Morgan fingerprint density at radius 2 is 1.11 bits per heavy atom. The van der Waals surface area contributed by atoms with Gasteiger partial charge in [-0.25, -0.2) is 15.0 Å². The first-order chi connectivity index (χ1) is 27.2. The molecule has 0 aliphatic heterocycles. The molecule has 1 spiro atoms. The minimum absolute atomic E-state index is 0.0729. The molecular weight excluding hydrogens is 673 g/mol. The van der Waals surface area contributed by atoms with Gasteiger partial charge in [0.05, 0.1) is 11.0 Å². The Labute approximate surface area is 317 Å². The van der Waals surface area contributed by atoms with Crippen LogP contribution in [0.4, 0.5) is 0 Å². The van der Waals surface area contributed by atoms with Crippen LogP contribution in [0.5, 0.6) is 0 Å². The molecule has 5 heteroatoms. The van der Waals surface area contributed by atoms with Gasteiger partial charge in [-0.2, -0.15) is 0 Å². The number of aromatic nitrogens is 4. The summed E-state index contributed by atoms with van der Waals surface area (Å²) in [5.41, 5.74) is 13.6. The fourth-order valence-corrected chi connectivity index (χ4v) is 9.73. The highest BCUT2D eigenvalue weighted by molar-refractivity contribution is 6.22. The second-order valence-corrected chi connectivity index (χ2v) is 15.1. The lowest BCUT2D eigenvalue weighted by Crippen LogP contribution is -2.20. The summed E-state index contributed by atoms with van der Waals surface area (Å²) >= 11 is 0. The Balaban J connectivity index is 1.14. The Morgan fingerprint density at radius 1 is 0.473 bits per heavy atom. The van der Waals surface area contributed by atoms with Crippen LogP contribution in [-0.2, 0) is 5.41 Å². The zero-order chi connectivity index (χ0) is 36.1. The maximum atomic E-state index is 6.80. The monoisotopic (exact) mass is 706 g/mol. The van der Waals surface area contributed by atoms with Crippen LogP contribution in [-0.4, -0.2) is 19.5 Å². The van der Waals surface area contributed by atoms with E-state index < -0.39 is 0 Å². The van der Waals surface area contributed by atoms with Gasteiger partial charge >= 0.3 is 0 Å². The molecule has 10 aromatic rings. The smallest absolute Gasteiger partial charge is 0.164 e. The molecule has 3 heterocycles. The molecule has 0 amide bonds. The highest BCUT2D eigenvalue weighted by atomic mass is 16.3. The fourth-order valence-electron chi connectivity index (χ4n) is 9.73. The molecule has 12 rings (SSSR count). The van der Waals surface area contributed by atoms with E-state index in [4.69, 9.17) is 19.4 Å². The standard InChI is InChI=1S/C50H34N4O/c1-3-14-31(15-4-1)47-51-48(32-16-5-2-6-17-32)53-49(52-47)33-18-13-19-34(28-33)54-43-30-39-35-20-7-9-22-41(35)50(26-11-12-27-50)42(39)29-40(43)37-24-25-38-36-21-8-10-23-44(36)55-46(38)45(37)54/h1-10,13-25,28-30H,11-12,26-27H2. The number of furan rings is 1. The third-order valence-corrected chi connectivity index (χ3v) is 12.2. The van der Waals surface area contributed by atoms with Gasteiger partial charge in [0, 0.05) is 49.3 Å². The number of hydrogen-bond acceptors (Lipinski definition) is 4. The van der Waals surface area contributed by atoms with Crippen molar-refractivity contribution in [3.05, 3.63) is 169 Å². The maximum Gasteiger partial charge on any atom is 0.164 e. The Kier molecular flexibility index (Phi) is 6.44. The summed E-state index contributed by atoms with van der Waals surface area (Å²) in [6.45, 7) is 0. The largest absolute Gasteiger partial charge is 0.454 e. The quantitative estimate of drug-likeness (QED) is 0.183. The van der Waals surface area contributed by atoms with Gasteiger partial charge < -0.3 is 8.98 Å². The van der Waals surface area contributed by atoms with Crippen molar-refractivity contribution in [2.45, 2.75) is 31.1 Å². The summed E-state index contributed by atoms with van der Waals surface area (Å²) in [6.07, 6.45) is 4.90. The number of para-hydroxylation sites is 1. The summed E-state index contributed by atoms with van der Waals surface area (Å²) in [6, 6.07) is 56.0. The first-order valence-electron chi connectivity index (χ1n) is 19.2. The van der Waals surface area contributed by atoms with Crippen LogP contribution in [0.15, 0.2) is 162 Å². The molecule has 1 saturated carbocycles. The van der Waals surface area contributed by atoms with E-state index in [1.165, 1.54) is 58.7 Å². The van der Waals surface area contributed by atoms with Crippen LogP contribution in [0.1, 0.15) is 36.8 Å². The zero-order valence-corrected chi connectivity index (χ0v) is 30.0. The molecular formula is C50H34N4O. The molecule has 3 aromatic heterocycles. The van der Waals surface area contributed by atoms with Crippen LogP contribution in [0, 0.1) is 0 Å². The van der Waals surface area contributed by atoms with Gasteiger partial charge in [-0.05, 0) is 71.5 Å². The average molecular weight is 707 g/mol. The molecule has 0 N–H and O–H groups in total. The molecule has 0 unspecified atom stereocenters. The van der Waals surface area contributed by atoms with Gasteiger partial charge in [0.2, 0.25) is 0 Å². The Hall–Kier alpha value is -6.85. The predicted molar refractivity (Wildman–Crippen MR) is 222 cm³/mol. The second kappa shape index (κ2) is 11.6. The summed E-state index contributed by atoms with van der Waals surface area (Å²) in [5.74, 6) is 1.92. The van der Waals surface area contributed by atoms with E-state index in [0.29, 0.717) is 17.5 Å². The highest BCUT2D eigenvalue weighted by Crippen LogP contribution is 2.58. The maximum absolute atomic E-state index is 6.80. The molecule has 0 saturated heterocycles. The summed E-state index contributed by atoms with van der Waals surface area (Å²) in [4.78, 5) is 15.1. The van der Waals surface area contributed by atoms with Gasteiger partial charge in [-0.3, -0.25) is 0 Å². The normalized spacial score (nSPS) is 14.4. The lowest BCUT2D eigenvalue weighted by atomic mass is 9.76. The average Bonchev–Trinajstić information content (AvgIpc) is 4.03. The molecule has 2 aliphatic carbocycles. The number of rotatable bonds is 4. The minimum atomic E-state index is 0.0729. The van der Waals surface area contributed by atoms with Crippen molar-refractivity contribution in [2.75, 3.05) is 0 Å². The van der Waals surface area contributed by atoms with Crippen molar-refractivity contribution in [2.24, 2.45) is 0 Å². The van der Waals surface area contributed by atoms with Gasteiger partial charge in [0.1, 0.15) is 5.58 Å². The van der Waals surface area contributed by atoms with Crippen LogP contribution in [0.2, 0.25) is 0 Å². The lowest BCUT2D eigenvalue weighted by Gasteiger charge is -2.26. The molecule has 5 nitrogen and oxygen atoms in total. The van der Waals surface area contributed by atoms with Gasteiger partial charge in [-0.15, -0.1) is 0 Å². The fraction of sp³-hybridized carbons (Fsp3) is 0.100. The van der Waals surface area contributed by atoms with Gasteiger partial charge in [0.25, 0.3) is 0 Å². The molecule has 0 atom stereocenters. The third-order valence-electron chi connectivity index (χ3n) is 12.2. The van der Waals surface area contributed by atoms with E-state index in [2.05, 4.69) is 95.6 Å². The van der Waals surface area contributed by atoms with Crippen LogP contribution >= 0.6 is 0 Å². The van der Waals surface area contributed by atoms with E-state index in [9.17, 15) is 0 Å². The predicted octanol–water partition coefficient (Wildman–Crippen LogP) is 12.7. The summed E-state index contributed by atoms with van der Waals surface area (Å²) in [7, 11) is 0. The topological polar surface area (TPSA) is 56.7 Å². The summed E-state index contributed by atoms with van der Waals surface area (Å²) < 4.78 is 9.21. The first-order valence-corrected chi connectivity index (χ1v) is 19.2. The van der Waals surface area contributed by atoms with Crippen molar-refractivity contribution in [3.63, 3.8) is 0 Å². The second-order valence-electron chi connectivity index (χ2n) is 15.1. The Bertz CT molecular complexity index is 3090. The van der Waals surface area contributed by atoms with E-state index in [1.54, 1.807) is 0 Å². The molecule has 0 radical (unpaired) electrons. The molecule has 2 aliphatic rings. The molecule has 1 fully saturated rings. The van der Waals surface area contributed by atoms with E-state index in [0.717, 1.165) is 55.3 Å². The van der Waals surface area contributed by atoms with Gasteiger partial charge in [0.15, 0.2) is 23.1 Å². The molecule has 0 bridgehead atoms.